The highest BCUT2D eigenvalue weighted by Gasteiger charge is 2.28. The monoisotopic (exact) mass is 264 g/mol. The van der Waals surface area contributed by atoms with Crippen LogP contribution in [-0.2, 0) is 0 Å². The molecule has 0 atom stereocenters. The zero-order valence-electron chi connectivity index (χ0n) is 6.10. The average Bonchev–Trinajstić information content (AvgIpc) is 2.00. The van der Waals surface area contributed by atoms with E-state index in [0.717, 1.165) is 11.5 Å². The molecule has 11 heavy (non-hydrogen) atoms. The summed E-state index contributed by atoms with van der Waals surface area (Å²) in [5.74, 6) is 1.58. The van der Waals surface area contributed by atoms with E-state index in [-0.39, 0.29) is 7.99 Å². The van der Waals surface area contributed by atoms with Crippen LogP contribution in [0.5, 0.6) is 0 Å². The molecule has 0 aromatic rings. The summed E-state index contributed by atoms with van der Waals surface area (Å²) in [5, 5.41) is 0. The molecule has 0 N–H and O–H groups in total. The quantitative estimate of drug-likeness (QED) is 0.445. The lowest BCUT2D eigenvalue weighted by atomic mass is 10.5. The predicted octanol–water partition coefficient (Wildman–Crippen LogP) is 2.78. The van der Waals surface area contributed by atoms with Gasteiger partial charge in [0.1, 0.15) is 0 Å². The molecule has 6 heteroatoms. The summed E-state index contributed by atoms with van der Waals surface area (Å²) in [6.45, 7) is 0. The molecule has 0 bridgehead atoms. The number of rotatable bonds is 5. The maximum Gasteiger partial charge on any atom is 0.0913 e. The van der Waals surface area contributed by atoms with E-state index >= 15 is 0 Å². The predicted molar refractivity (Wildman–Crippen MR) is 73.3 cm³/mol. The van der Waals surface area contributed by atoms with Crippen LogP contribution in [0, 0.1) is 0 Å². The molecular weight excluding hydrogens is 252 g/mol. The van der Waals surface area contributed by atoms with E-state index in [9.17, 15) is 0 Å². The van der Waals surface area contributed by atoms with Crippen molar-refractivity contribution >= 4 is 74.0 Å². The molecule has 0 aliphatic carbocycles. The third kappa shape index (κ3) is 4.76. The summed E-state index contributed by atoms with van der Waals surface area (Å²) >= 11 is 20.4. The Kier molecular flexibility index (Phi) is 7.79. The van der Waals surface area contributed by atoms with Gasteiger partial charge < -0.3 is 0 Å². The molecule has 0 saturated heterocycles. The molecule has 0 heterocycles. The van der Waals surface area contributed by atoms with Gasteiger partial charge >= 0.3 is 0 Å². The zero-order chi connectivity index (χ0) is 8.91. The highest BCUT2D eigenvalue weighted by atomic mass is 32.3. The van der Waals surface area contributed by atoms with E-state index in [1.807, 2.05) is 0 Å². The highest BCUT2D eigenvalue weighted by Crippen LogP contribution is 2.42. The SMILES string of the molecule is CSC(CS)(CS)SC(S)S. The highest BCUT2D eigenvalue weighted by molar-refractivity contribution is 8.29. The van der Waals surface area contributed by atoms with Crippen molar-refractivity contribution in [3.63, 3.8) is 0 Å². The fraction of sp³-hybridized carbons (Fsp3) is 1.00. The molecule has 0 nitrogen and oxygen atoms in total. The molecule has 0 saturated carbocycles. The summed E-state index contributed by atoms with van der Waals surface area (Å²) in [6, 6.07) is 0. The molecule has 0 aliphatic rings. The minimum atomic E-state index is 0.0433. The second-order valence-electron chi connectivity index (χ2n) is 1.88. The largest absolute Gasteiger partial charge is 0.177 e. The summed E-state index contributed by atoms with van der Waals surface area (Å²) in [7, 11) is 0. The summed E-state index contributed by atoms with van der Waals surface area (Å²) in [5.41, 5.74) is 0. The number of hydrogen-bond acceptors (Lipinski definition) is 6. The molecule has 0 unspecified atom stereocenters. The lowest BCUT2D eigenvalue weighted by molar-refractivity contribution is 1.08. The normalized spacial score (nSPS) is 12.5. The first-order valence-corrected chi connectivity index (χ1v) is 7.31. The number of hydrogen-bond donors (Lipinski definition) is 4. The topological polar surface area (TPSA) is 0 Å². The van der Waals surface area contributed by atoms with Crippen LogP contribution in [0.2, 0.25) is 0 Å². The Morgan fingerprint density at radius 1 is 1.27 bits per heavy atom. The van der Waals surface area contributed by atoms with Gasteiger partial charge in [0.25, 0.3) is 0 Å². The van der Waals surface area contributed by atoms with Gasteiger partial charge in [0.15, 0.2) is 0 Å². The molecule has 0 amide bonds. The van der Waals surface area contributed by atoms with E-state index in [2.05, 4.69) is 56.8 Å². The van der Waals surface area contributed by atoms with Crippen LogP contribution in [0.1, 0.15) is 0 Å². The second-order valence-corrected chi connectivity index (χ2v) is 7.58. The van der Waals surface area contributed by atoms with E-state index in [1.165, 1.54) is 0 Å². The Labute approximate surface area is 99.1 Å². The van der Waals surface area contributed by atoms with E-state index in [4.69, 9.17) is 0 Å². The number of thioether (sulfide) groups is 2. The van der Waals surface area contributed by atoms with Crippen molar-refractivity contribution in [2.45, 2.75) is 7.99 Å². The van der Waals surface area contributed by atoms with Crippen molar-refractivity contribution in [1.29, 1.82) is 0 Å². The Hall–Kier alpha value is 2.10. The number of thiol groups is 4. The molecular formula is C5H12S6. The van der Waals surface area contributed by atoms with Crippen molar-refractivity contribution in [3.05, 3.63) is 0 Å². The van der Waals surface area contributed by atoms with Gasteiger partial charge in [-0.25, -0.2) is 0 Å². The molecule has 0 aliphatic heterocycles. The Morgan fingerprint density at radius 3 is 1.82 bits per heavy atom. The molecule has 0 aromatic carbocycles. The fourth-order valence-corrected chi connectivity index (χ4v) is 5.22. The molecule has 0 fully saturated rings. The van der Waals surface area contributed by atoms with E-state index in [1.54, 1.807) is 23.5 Å². The van der Waals surface area contributed by atoms with E-state index < -0.39 is 0 Å². The summed E-state index contributed by atoms with van der Waals surface area (Å²) in [4.78, 5) is 0. The molecule has 68 valence electrons. The van der Waals surface area contributed by atoms with Crippen LogP contribution >= 0.6 is 74.0 Å². The Balaban J connectivity index is 4.05. The van der Waals surface area contributed by atoms with Crippen LogP contribution in [0.25, 0.3) is 0 Å². The van der Waals surface area contributed by atoms with E-state index in [0.29, 0.717) is 0 Å². The van der Waals surface area contributed by atoms with Gasteiger partial charge in [-0.1, -0.05) is 0 Å². The lowest BCUT2D eigenvalue weighted by Crippen LogP contribution is -2.25. The van der Waals surface area contributed by atoms with Crippen LogP contribution < -0.4 is 0 Å². The van der Waals surface area contributed by atoms with Crippen molar-refractivity contribution in [2.75, 3.05) is 17.8 Å². The van der Waals surface area contributed by atoms with Crippen molar-refractivity contribution < 1.29 is 0 Å². The maximum absolute atomic E-state index is 4.28. The standard InChI is InChI=1S/C5H12S6/c1-10-5(2-6,3-7)11-4(8)9/h4,6-9H,2-3H2,1H3. The van der Waals surface area contributed by atoms with Gasteiger partial charge in [0, 0.05) is 11.5 Å². The molecule has 0 aromatic heterocycles. The first-order chi connectivity index (χ1) is 5.10. The van der Waals surface area contributed by atoms with Gasteiger partial charge in [-0.3, -0.25) is 0 Å². The molecule has 0 radical (unpaired) electrons. The smallest absolute Gasteiger partial charge is 0.0913 e. The van der Waals surface area contributed by atoms with Crippen molar-refractivity contribution in [2.24, 2.45) is 0 Å². The Bertz CT molecular complexity index is 90.9. The van der Waals surface area contributed by atoms with Gasteiger partial charge in [0.2, 0.25) is 0 Å². The first kappa shape index (κ1) is 13.1. The van der Waals surface area contributed by atoms with Gasteiger partial charge in [-0.2, -0.15) is 50.5 Å². The second kappa shape index (κ2) is 6.54. The minimum Gasteiger partial charge on any atom is -0.177 e. The van der Waals surface area contributed by atoms with Crippen LogP contribution in [0.3, 0.4) is 0 Å². The van der Waals surface area contributed by atoms with Crippen LogP contribution in [0.4, 0.5) is 0 Å². The third-order valence-corrected chi connectivity index (χ3v) is 6.49. The molecule has 0 spiro atoms. The van der Waals surface area contributed by atoms with Gasteiger partial charge in [0.05, 0.1) is 7.99 Å². The Morgan fingerprint density at radius 2 is 1.73 bits per heavy atom. The summed E-state index contributed by atoms with van der Waals surface area (Å²) in [6.07, 6.45) is 2.06. The fourth-order valence-electron chi connectivity index (χ4n) is 0.494. The van der Waals surface area contributed by atoms with Gasteiger partial charge in [-0.05, 0) is 6.26 Å². The summed E-state index contributed by atoms with van der Waals surface area (Å²) < 4.78 is 0.0992. The third-order valence-electron chi connectivity index (χ3n) is 1.17. The van der Waals surface area contributed by atoms with Crippen molar-refractivity contribution in [3.8, 4) is 0 Å². The van der Waals surface area contributed by atoms with Crippen LogP contribution in [0.15, 0.2) is 0 Å². The zero-order valence-corrected chi connectivity index (χ0v) is 11.3. The lowest BCUT2D eigenvalue weighted by Gasteiger charge is -2.28. The first-order valence-electron chi connectivity index (χ1n) is 2.91. The van der Waals surface area contributed by atoms with Crippen molar-refractivity contribution in [1.82, 2.24) is 0 Å². The van der Waals surface area contributed by atoms with Crippen LogP contribution in [-0.4, -0.2) is 25.8 Å². The molecule has 0 rings (SSSR count). The maximum atomic E-state index is 4.28. The average molecular weight is 265 g/mol. The minimum absolute atomic E-state index is 0.0433. The van der Waals surface area contributed by atoms with Gasteiger partial charge in [-0.15, -0.1) is 23.5 Å².